The zero-order valence-electron chi connectivity index (χ0n) is 10.0. The van der Waals surface area contributed by atoms with Crippen LogP contribution in [0.5, 0.6) is 0 Å². The van der Waals surface area contributed by atoms with Gasteiger partial charge in [-0.1, -0.05) is 12.7 Å². The lowest BCUT2D eigenvalue weighted by Crippen LogP contribution is -2.19. The average molecular weight is 209 g/mol. The molecule has 0 aliphatic heterocycles. The van der Waals surface area contributed by atoms with Crippen LogP contribution in [0.2, 0.25) is 0 Å². The number of rotatable bonds is 4. The second-order valence-corrected chi connectivity index (χ2v) is 4.31. The first-order valence-corrected chi connectivity index (χ1v) is 5.44. The molecule has 1 atom stereocenters. The Balaban J connectivity index is 2.67. The van der Waals surface area contributed by atoms with E-state index in [1.165, 1.54) is 0 Å². The minimum Gasteiger partial charge on any atom is -0.581 e. The van der Waals surface area contributed by atoms with Gasteiger partial charge in [0.05, 0.1) is 11.7 Å². The molecule has 15 heavy (non-hydrogen) atoms. The Kier molecular flexibility index (Phi) is 4.15. The van der Waals surface area contributed by atoms with Crippen molar-refractivity contribution in [1.82, 2.24) is 0 Å². The Morgan fingerprint density at radius 2 is 2.00 bits per heavy atom. The third kappa shape index (κ3) is 3.92. The maximum absolute atomic E-state index is 5.69. The molecule has 1 aliphatic carbocycles. The van der Waals surface area contributed by atoms with Gasteiger partial charge in [-0.3, -0.25) is 0 Å². The molecule has 0 heterocycles. The summed E-state index contributed by atoms with van der Waals surface area (Å²) in [4.78, 5) is 0. The molecule has 0 aromatic rings. The van der Waals surface area contributed by atoms with E-state index in [1.807, 2.05) is 32.1 Å². The maximum Gasteiger partial charge on any atom is 0.260 e. The van der Waals surface area contributed by atoms with Crippen LogP contribution in [0.1, 0.15) is 27.7 Å². The smallest absolute Gasteiger partial charge is 0.260 e. The molecular formula is C13H21O2+. The van der Waals surface area contributed by atoms with Gasteiger partial charge in [0.1, 0.15) is 6.10 Å². The summed E-state index contributed by atoms with van der Waals surface area (Å²) < 4.78 is 10.2. The normalized spacial score (nSPS) is 21.1. The Labute approximate surface area is 92.3 Å². The third-order valence-corrected chi connectivity index (χ3v) is 1.96. The highest BCUT2D eigenvalue weighted by Crippen LogP contribution is 2.19. The van der Waals surface area contributed by atoms with Gasteiger partial charge in [0.15, 0.2) is 6.10 Å². The first-order chi connectivity index (χ1) is 6.99. The highest BCUT2D eigenvalue weighted by atomic mass is 16.5. The summed E-state index contributed by atoms with van der Waals surface area (Å²) in [7, 11) is 0. The molecule has 0 aromatic carbocycles. The molecule has 0 radical (unpaired) electrons. The van der Waals surface area contributed by atoms with Gasteiger partial charge >= 0.3 is 0 Å². The molecule has 0 bridgehead atoms. The maximum atomic E-state index is 5.69. The van der Waals surface area contributed by atoms with E-state index in [9.17, 15) is 0 Å². The molecule has 0 aromatic heterocycles. The molecule has 0 amide bonds. The topological polar surface area (TPSA) is 22.0 Å². The summed E-state index contributed by atoms with van der Waals surface area (Å²) in [5.74, 6) is 0.957. The van der Waals surface area contributed by atoms with Crippen LogP contribution in [-0.2, 0) is 4.74 Å². The standard InChI is InChI=1S/C13H20O2/c1-9(2)14-12-7-6-11(5)13(8-12)15-10(3)4/h6-10,12H,5H2,1-4H3/p+1. The highest BCUT2D eigenvalue weighted by molar-refractivity contribution is 5.39. The number of hydrogen-bond donors (Lipinski definition) is 0. The third-order valence-electron chi connectivity index (χ3n) is 1.96. The predicted molar refractivity (Wildman–Crippen MR) is 63.7 cm³/mol. The van der Waals surface area contributed by atoms with Crippen molar-refractivity contribution in [1.29, 1.82) is 0 Å². The van der Waals surface area contributed by atoms with Crippen LogP contribution < -0.4 is 0 Å². The zero-order valence-corrected chi connectivity index (χ0v) is 10.0. The van der Waals surface area contributed by atoms with Crippen LogP contribution >= 0.6 is 0 Å². The molecule has 84 valence electrons. The van der Waals surface area contributed by atoms with E-state index in [2.05, 4.69) is 25.2 Å². The minimum absolute atomic E-state index is 0.0352. The van der Waals surface area contributed by atoms with E-state index in [-0.39, 0.29) is 12.2 Å². The Hall–Kier alpha value is -1.02. The van der Waals surface area contributed by atoms with E-state index in [0.717, 1.165) is 11.3 Å². The first kappa shape index (κ1) is 12.1. The van der Waals surface area contributed by atoms with Crippen LogP contribution in [-0.4, -0.2) is 23.0 Å². The summed E-state index contributed by atoms with van der Waals surface area (Å²) in [6, 6.07) is 0. The van der Waals surface area contributed by atoms with Crippen LogP contribution in [0.3, 0.4) is 0 Å². The van der Waals surface area contributed by atoms with E-state index in [1.54, 1.807) is 0 Å². The second-order valence-electron chi connectivity index (χ2n) is 4.31. The fourth-order valence-electron chi connectivity index (χ4n) is 1.42. The first-order valence-electron chi connectivity index (χ1n) is 5.44. The largest absolute Gasteiger partial charge is 0.581 e. The van der Waals surface area contributed by atoms with Crippen molar-refractivity contribution in [3.63, 3.8) is 0 Å². The van der Waals surface area contributed by atoms with Crippen molar-refractivity contribution in [3.8, 4) is 0 Å². The summed E-state index contributed by atoms with van der Waals surface area (Å²) >= 11 is 0. The van der Waals surface area contributed by atoms with Gasteiger partial charge in [-0.2, -0.15) is 0 Å². The van der Waals surface area contributed by atoms with Crippen LogP contribution in [0.25, 0.3) is 0 Å². The summed E-state index contributed by atoms with van der Waals surface area (Å²) in [6.45, 7) is 12.1. The zero-order chi connectivity index (χ0) is 11.4. The number of allylic oxidation sites excluding steroid dienone is 1. The monoisotopic (exact) mass is 209 g/mol. The van der Waals surface area contributed by atoms with Gasteiger partial charge in [-0.05, 0) is 19.9 Å². The SMILES string of the molecule is C=C1C=CC(OC(C)C)C=C1[OH+]C(C)C. The van der Waals surface area contributed by atoms with E-state index < -0.39 is 0 Å². The number of aliphatic hydroxyl groups is 2. The fourth-order valence-corrected chi connectivity index (χ4v) is 1.42. The van der Waals surface area contributed by atoms with Gasteiger partial charge in [-0.25, -0.2) is 0 Å². The molecule has 1 unspecified atom stereocenters. The number of hydrogen-bond acceptors (Lipinski definition) is 1. The minimum atomic E-state index is 0.0352. The molecule has 0 saturated carbocycles. The Morgan fingerprint density at radius 1 is 1.33 bits per heavy atom. The van der Waals surface area contributed by atoms with Crippen molar-refractivity contribution in [3.05, 3.63) is 36.1 Å². The lowest BCUT2D eigenvalue weighted by atomic mass is 10.1. The highest BCUT2D eigenvalue weighted by Gasteiger charge is 2.18. The van der Waals surface area contributed by atoms with Gasteiger partial charge in [0.25, 0.3) is 5.76 Å². The molecule has 1 aliphatic rings. The summed E-state index contributed by atoms with van der Waals surface area (Å²) in [6.07, 6.45) is 6.58. The van der Waals surface area contributed by atoms with Gasteiger partial charge in [0.2, 0.25) is 0 Å². The van der Waals surface area contributed by atoms with E-state index in [4.69, 9.17) is 4.74 Å². The van der Waals surface area contributed by atoms with Crippen molar-refractivity contribution in [2.45, 2.75) is 46.0 Å². The van der Waals surface area contributed by atoms with Crippen LogP contribution in [0, 0.1) is 0 Å². The van der Waals surface area contributed by atoms with Gasteiger partial charge in [0, 0.05) is 19.9 Å². The van der Waals surface area contributed by atoms with Crippen LogP contribution in [0.4, 0.5) is 0 Å². The molecule has 1 rings (SSSR count). The number of ether oxygens (including phenoxy) is 2. The molecular weight excluding hydrogens is 188 g/mol. The fraction of sp³-hybridized carbons (Fsp3) is 0.538. The molecule has 0 saturated heterocycles. The van der Waals surface area contributed by atoms with Crippen molar-refractivity contribution >= 4 is 0 Å². The van der Waals surface area contributed by atoms with Crippen molar-refractivity contribution < 1.29 is 9.47 Å². The molecule has 2 nitrogen and oxygen atoms in total. The Morgan fingerprint density at radius 3 is 2.53 bits per heavy atom. The van der Waals surface area contributed by atoms with Crippen molar-refractivity contribution in [2.24, 2.45) is 0 Å². The summed E-state index contributed by atoms with van der Waals surface area (Å²) in [5, 5.41) is 0. The van der Waals surface area contributed by atoms with Gasteiger partial charge in [-0.15, -0.1) is 0 Å². The van der Waals surface area contributed by atoms with Crippen LogP contribution in [0.15, 0.2) is 36.1 Å². The molecule has 1 N–H and O–H groups in total. The van der Waals surface area contributed by atoms with E-state index >= 15 is 0 Å². The second kappa shape index (κ2) is 5.17. The van der Waals surface area contributed by atoms with Crippen molar-refractivity contribution in [2.75, 3.05) is 0 Å². The molecule has 2 heteroatoms. The predicted octanol–water partition coefficient (Wildman–Crippen LogP) is 2.73. The quantitative estimate of drug-likeness (QED) is 0.652. The van der Waals surface area contributed by atoms with Gasteiger partial charge < -0.3 is 9.47 Å². The Bertz CT molecular complexity index is 285. The summed E-state index contributed by atoms with van der Waals surface area (Å²) in [5.41, 5.74) is 0.965. The molecule has 0 spiro atoms. The lowest BCUT2D eigenvalue weighted by Gasteiger charge is -2.19. The van der Waals surface area contributed by atoms with E-state index in [0.29, 0.717) is 6.10 Å². The average Bonchev–Trinajstić information content (AvgIpc) is 2.09. The molecule has 0 fully saturated rings. The lowest BCUT2D eigenvalue weighted by molar-refractivity contribution is -0.0212.